The van der Waals surface area contributed by atoms with Gasteiger partial charge >= 0.3 is 6.18 Å². The van der Waals surface area contributed by atoms with Crippen molar-refractivity contribution in [2.75, 3.05) is 6.54 Å². The smallest absolute Gasteiger partial charge is 0.387 e. The van der Waals surface area contributed by atoms with Gasteiger partial charge in [-0.15, -0.1) is 5.10 Å². The third-order valence-electron chi connectivity index (χ3n) is 1.78. The van der Waals surface area contributed by atoms with Crippen molar-refractivity contribution in [3.8, 4) is 0 Å². The van der Waals surface area contributed by atoms with Crippen LogP contribution in [0.2, 0.25) is 0 Å². The number of amides is 1. The first-order valence-corrected chi connectivity index (χ1v) is 4.69. The van der Waals surface area contributed by atoms with Crippen LogP contribution in [0.15, 0.2) is 6.20 Å². The van der Waals surface area contributed by atoms with E-state index in [-0.39, 0.29) is 12.2 Å². The van der Waals surface area contributed by atoms with Crippen molar-refractivity contribution in [3.05, 3.63) is 11.9 Å². The molecule has 0 spiro atoms. The minimum Gasteiger partial charge on any atom is -0.387 e. The highest BCUT2D eigenvalue weighted by Gasteiger charge is 2.27. The van der Waals surface area contributed by atoms with Crippen LogP contribution < -0.4 is 5.32 Å². The maximum Gasteiger partial charge on any atom is 0.405 e. The van der Waals surface area contributed by atoms with Crippen molar-refractivity contribution in [1.29, 1.82) is 0 Å². The number of halogens is 3. The number of hydrogen-bond donors (Lipinski definition) is 2. The molecule has 0 fully saturated rings. The number of carbonyl (C=O) groups is 1. The first-order chi connectivity index (χ1) is 7.78. The van der Waals surface area contributed by atoms with Crippen LogP contribution in [0.4, 0.5) is 13.2 Å². The molecule has 17 heavy (non-hydrogen) atoms. The zero-order valence-electron chi connectivity index (χ0n) is 8.90. The average Bonchev–Trinajstić information content (AvgIpc) is 2.62. The number of nitrogens with one attached hydrogen (secondary N) is 1. The monoisotopic (exact) mass is 252 g/mol. The van der Waals surface area contributed by atoms with Gasteiger partial charge < -0.3 is 10.4 Å². The summed E-state index contributed by atoms with van der Waals surface area (Å²) in [6.45, 7) is -0.308. The summed E-state index contributed by atoms with van der Waals surface area (Å²) in [5, 5.41) is 17.8. The van der Waals surface area contributed by atoms with Gasteiger partial charge in [-0.3, -0.25) is 4.79 Å². The van der Waals surface area contributed by atoms with E-state index >= 15 is 0 Å². The summed E-state index contributed by atoms with van der Waals surface area (Å²) < 4.78 is 36.4. The Labute approximate surface area is 94.4 Å². The lowest BCUT2D eigenvalue weighted by molar-refractivity contribution is -0.138. The van der Waals surface area contributed by atoms with Gasteiger partial charge in [-0.1, -0.05) is 5.21 Å². The lowest BCUT2D eigenvalue weighted by Crippen LogP contribution is -2.35. The van der Waals surface area contributed by atoms with Crippen LogP contribution >= 0.6 is 0 Å². The second kappa shape index (κ2) is 5.13. The molecular formula is C8H11F3N4O2. The second-order valence-corrected chi connectivity index (χ2v) is 3.41. The molecule has 0 aliphatic carbocycles. The first-order valence-electron chi connectivity index (χ1n) is 4.69. The maximum atomic E-state index is 11.8. The number of aromatic nitrogens is 3. The van der Waals surface area contributed by atoms with Gasteiger partial charge in [0.1, 0.15) is 18.8 Å². The molecule has 1 amide bonds. The van der Waals surface area contributed by atoms with E-state index in [0.717, 1.165) is 4.68 Å². The Balaban J connectivity index is 2.45. The van der Waals surface area contributed by atoms with Crippen LogP contribution in [0.25, 0.3) is 0 Å². The fraction of sp³-hybridized carbons (Fsp3) is 0.625. The van der Waals surface area contributed by atoms with E-state index in [0.29, 0.717) is 0 Å². The Hall–Kier alpha value is -1.64. The Morgan fingerprint density at radius 1 is 1.65 bits per heavy atom. The van der Waals surface area contributed by atoms with Crippen molar-refractivity contribution in [3.63, 3.8) is 0 Å². The highest BCUT2D eigenvalue weighted by atomic mass is 19.4. The number of carbonyl (C=O) groups excluding carboxylic acids is 1. The van der Waals surface area contributed by atoms with Crippen LogP contribution in [0, 0.1) is 0 Å². The topological polar surface area (TPSA) is 80.0 Å². The van der Waals surface area contributed by atoms with Gasteiger partial charge in [-0.2, -0.15) is 13.2 Å². The van der Waals surface area contributed by atoms with Crippen LogP contribution in [0.5, 0.6) is 0 Å². The average molecular weight is 252 g/mol. The third kappa shape index (κ3) is 4.81. The molecule has 0 aliphatic heterocycles. The van der Waals surface area contributed by atoms with Crippen molar-refractivity contribution in [2.24, 2.45) is 0 Å². The van der Waals surface area contributed by atoms with E-state index in [1.54, 1.807) is 5.32 Å². The highest BCUT2D eigenvalue weighted by molar-refractivity contribution is 5.75. The summed E-state index contributed by atoms with van der Waals surface area (Å²) in [4.78, 5) is 11.1. The molecule has 0 saturated carbocycles. The van der Waals surface area contributed by atoms with Crippen molar-refractivity contribution in [2.45, 2.75) is 25.7 Å². The summed E-state index contributed by atoms with van der Waals surface area (Å²) >= 11 is 0. The Bertz CT molecular complexity index is 388. The number of hydrogen-bond acceptors (Lipinski definition) is 4. The Morgan fingerprint density at radius 2 is 2.29 bits per heavy atom. The molecule has 1 aromatic rings. The largest absolute Gasteiger partial charge is 0.405 e. The van der Waals surface area contributed by atoms with Gasteiger partial charge in [0, 0.05) is 0 Å². The van der Waals surface area contributed by atoms with Gasteiger partial charge in [0.25, 0.3) is 0 Å². The molecule has 0 aliphatic rings. The zero-order chi connectivity index (χ0) is 13.1. The minimum absolute atomic E-state index is 0.244. The first kappa shape index (κ1) is 13.4. The molecule has 0 saturated heterocycles. The molecule has 2 N–H and O–H groups in total. The minimum atomic E-state index is -4.44. The van der Waals surface area contributed by atoms with E-state index in [2.05, 4.69) is 10.3 Å². The van der Waals surface area contributed by atoms with Gasteiger partial charge in [-0.25, -0.2) is 4.68 Å². The molecule has 6 nitrogen and oxygen atoms in total. The predicted molar refractivity (Wildman–Crippen MR) is 49.7 cm³/mol. The van der Waals surface area contributed by atoms with Gasteiger partial charge in [0.15, 0.2) is 0 Å². The normalized spacial score (nSPS) is 13.5. The molecule has 1 heterocycles. The molecule has 0 radical (unpaired) electrons. The van der Waals surface area contributed by atoms with Crippen LogP contribution in [-0.2, 0) is 11.3 Å². The van der Waals surface area contributed by atoms with E-state index in [1.807, 2.05) is 0 Å². The van der Waals surface area contributed by atoms with Crippen molar-refractivity contribution >= 4 is 5.91 Å². The van der Waals surface area contributed by atoms with E-state index in [4.69, 9.17) is 5.11 Å². The number of aliphatic hydroxyl groups is 1. The molecule has 96 valence electrons. The quantitative estimate of drug-likeness (QED) is 0.791. The molecule has 1 atom stereocenters. The van der Waals surface area contributed by atoms with Crippen LogP contribution in [-0.4, -0.2) is 38.7 Å². The standard InChI is InChI=1S/C8H11F3N4O2/c1-5(16)6-2-15(14-13-6)3-7(17)12-4-8(9,10)11/h2,5,16H,3-4H2,1H3,(H,12,17). The molecule has 1 rings (SSSR count). The van der Waals surface area contributed by atoms with E-state index < -0.39 is 24.7 Å². The summed E-state index contributed by atoms with van der Waals surface area (Å²) in [5.41, 5.74) is 0.244. The fourth-order valence-electron chi connectivity index (χ4n) is 0.984. The molecule has 9 heteroatoms. The third-order valence-corrected chi connectivity index (χ3v) is 1.78. The lowest BCUT2D eigenvalue weighted by Gasteiger charge is -2.07. The van der Waals surface area contributed by atoms with Crippen LogP contribution in [0.3, 0.4) is 0 Å². The molecule has 1 unspecified atom stereocenters. The maximum absolute atomic E-state index is 11.8. The number of alkyl halides is 3. The van der Waals surface area contributed by atoms with Gasteiger partial charge in [0.2, 0.25) is 5.91 Å². The summed E-state index contributed by atoms with van der Waals surface area (Å²) in [7, 11) is 0. The number of aliphatic hydroxyl groups excluding tert-OH is 1. The van der Waals surface area contributed by atoms with Gasteiger partial charge in [0.05, 0.1) is 12.3 Å². The Morgan fingerprint density at radius 3 is 2.76 bits per heavy atom. The van der Waals surface area contributed by atoms with E-state index in [1.165, 1.54) is 13.1 Å². The lowest BCUT2D eigenvalue weighted by atomic mass is 10.3. The number of rotatable bonds is 4. The summed E-state index contributed by atoms with van der Waals surface area (Å²) in [6.07, 6.45) is -4.00. The molecule has 0 aromatic carbocycles. The second-order valence-electron chi connectivity index (χ2n) is 3.41. The molecule has 1 aromatic heterocycles. The van der Waals surface area contributed by atoms with Crippen LogP contribution in [0.1, 0.15) is 18.7 Å². The molecular weight excluding hydrogens is 241 g/mol. The van der Waals surface area contributed by atoms with Gasteiger partial charge in [-0.05, 0) is 6.92 Å². The van der Waals surface area contributed by atoms with Crippen molar-refractivity contribution < 1.29 is 23.1 Å². The Kier molecular flexibility index (Phi) is 4.05. The zero-order valence-corrected chi connectivity index (χ0v) is 8.90. The summed E-state index contributed by atoms with van der Waals surface area (Å²) in [5.74, 6) is -0.829. The predicted octanol–water partition coefficient (Wildman–Crippen LogP) is 0.00990. The highest BCUT2D eigenvalue weighted by Crippen LogP contribution is 2.12. The van der Waals surface area contributed by atoms with Crippen molar-refractivity contribution in [1.82, 2.24) is 20.3 Å². The molecule has 0 bridgehead atoms. The summed E-state index contributed by atoms with van der Waals surface area (Å²) in [6, 6.07) is 0. The number of nitrogens with zero attached hydrogens (tertiary/aromatic N) is 3. The fourth-order valence-corrected chi connectivity index (χ4v) is 0.984. The SMILES string of the molecule is CC(O)c1cn(CC(=O)NCC(F)(F)F)nn1. The van der Waals surface area contributed by atoms with E-state index in [9.17, 15) is 18.0 Å².